The minimum atomic E-state index is 0.397. The second-order valence-electron chi connectivity index (χ2n) is 5.43. The molecule has 12 heavy (non-hydrogen) atoms. The molecule has 4 aliphatic rings. The number of halogens is 1. The van der Waals surface area contributed by atoms with E-state index in [1.807, 2.05) is 0 Å². The molecule has 2 spiro atoms. The quantitative estimate of drug-likeness (QED) is 0.603. The highest BCUT2D eigenvalue weighted by Gasteiger charge is 2.96. The smallest absolute Gasteiger partial charge is 0.0480 e. The van der Waals surface area contributed by atoms with Gasteiger partial charge in [0.15, 0.2) is 0 Å². The third-order valence-electron chi connectivity index (χ3n) is 5.41. The molecule has 0 bridgehead atoms. The van der Waals surface area contributed by atoms with Gasteiger partial charge in [-0.25, -0.2) is 0 Å². The molecule has 0 aromatic rings. The topological polar surface area (TPSA) is 0 Å². The van der Waals surface area contributed by atoms with Crippen LogP contribution in [0.1, 0.15) is 26.2 Å². The molecule has 5 unspecified atom stereocenters. The van der Waals surface area contributed by atoms with Gasteiger partial charge in [-0.05, 0) is 47.8 Å². The van der Waals surface area contributed by atoms with Crippen molar-refractivity contribution in [3.8, 4) is 0 Å². The van der Waals surface area contributed by atoms with E-state index >= 15 is 0 Å². The van der Waals surface area contributed by atoms with E-state index in [-0.39, 0.29) is 0 Å². The van der Waals surface area contributed by atoms with Crippen molar-refractivity contribution in [3.05, 3.63) is 0 Å². The molecule has 0 aliphatic heterocycles. The minimum absolute atomic E-state index is 0.397. The van der Waals surface area contributed by atoms with Crippen LogP contribution in [0.2, 0.25) is 0 Å². The van der Waals surface area contributed by atoms with E-state index in [1.165, 1.54) is 19.3 Å². The van der Waals surface area contributed by atoms with Gasteiger partial charge in [0, 0.05) is 17.4 Å². The second kappa shape index (κ2) is 1.49. The molecule has 4 rings (SSSR count). The van der Waals surface area contributed by atoms with Crippen LogP contribution < -0.4 is 0 Å². The Labute approximate surface area is 76.6 Å². The molecule has 0 nitrogen and oxygen atoms in total. The van der Waals surface area contributed by atoms with E-state index in [9.17, 15) is 3.89 Å². The molecule has 2 heteroatoms. The Balaban J connectivity index is 1.74. The predicted molar refractivity (Wildman–Crippen MR) is 47.3 cm³/mol. The maximum atomic E-state index is 12.6. The summed E-state index contributed by atoms with van der Waals surface area (Å²) in [5, 5.41) is 0.397. The van der Waals surface area contributed by atoms with Crippen molar-refractivity contribution >= 4 is 12.1 Å². The molecule has 6 atom stereocenters. The van der Waals surface area contributed by atoms with Crippen LogP contribution in [0, 0.1) is 28.6 Å². The van der Waals surface area contributed by atoms with Crippen molar-refractivity contribution in [2.45, 2.75) is 31.4 Å². The van der Waals surface area contributed by atoms with Crippen molar-refractivity contribution in [2.24, 2.45) is 28.6 Å². The van der Waals surface area contributed by atoms with Gasteiger partial charge >= 0.3 is 0 Å². The van der Waals surface area contributed by atoms with Crippen LogP contribution >= 0.6 is 12.1 Å². The third kappa shape index (κ3) is 0.396. The first kappa shape index (κ1) is 6.69. The Kier molecular flexibility index (Phi) is 0.831. The number of hydrogen-bond donors (Lipinski definition) is 0. The fourth-order valence-corrected chi connectivity index (χ4v) is 5.87. The molecular weight excluding hydrogens is 171 g/mol. The third-order valence-corrected chi connectivity index (χ3v) is 6.11. The van der Waals surface area contributed by atoms with Crippen molar-refractivity contribution in [2.75, 3.05) is 0 Å². The monoisotopic (exact) mass is 184 g/mol. The number of rotatable bonds is 1. The summed E-state index contributed by atoms with van der Waals surface area (Å²) < 4.78 is 12.6. The fraction of sp³-hybridized carbons (Fsp3) is 1.00. The van der Waals surface area contributed by atoms with E-state index in [4.69, 9.17) is 0 Å². The van der Waals surface area contributed by atoms with Crippen molar-refractivity contribution < 1.29 is 3.89 Å². The van der Waals surface area contributed by atoms with Crippen LogP contribution in [-0.4, -0.2) is 5.25 Å². The number of fused-ring (bicyclic) bond motifs is 1. The first-order chi connectivity index (χ1) is 5.77. The highest BCUT2D eigenvalue weighted by atomic mass is 32.2. The highest BCUT2D eigenvalue weighted by Crippen LogP contribution is 3.01. The van der Waals surface area contributed by atoms with Crippen LogP contribution in [0.5, 0.6) is 0 Å². The fourth-order valence-electron chi connectivity index (χ4n) is 4.98. The van der Waals surface area contributed by atoms with E-state index in [0.29, 0.717) is 22.8 Å². The molecule has 4 fully saturated rings. The Morgan fingerprint density at radius 2 is 2.08 bits per heavy atom. The van der Waals surface area contributed by atoms with Crippen molar-refractivity contribution in [3.63, 3.8) is 0 Å². The van der Waals surface area contributed by atoms with E-state index in [0.717, 1.165) is 23.2 Å². The lowest BCUT2D eigenvalue weighted by molar-refractivity contribution is 0.542. The predicted octanol–water partition coefficient (Wildman–Crippen LogP) is 3.04. The summed E-state index contributed by atoms with van der Waals surface area (Å²) in [6, 6.07) is 0. The van der Waals surface area contributed by atoms with Gasteiger partial charge in [0.05, 0.1) is 0 Å². The SMILES string of the molecule is CC1CC12C1C(SF)C[C@H]3CC132. The summed E-state index contributed by atoms with van der Waals surface area (Å²) in [7, 11) is 0. The first-order valence-corrected chi connectivity index (χ1v) is 5.83. The normalized spacial score (nSPS) is 75.5. The van der Waals surface area contributed by atoms with Gasteiger partial charge in [0.2, 0.25) is 0 Å². The summed E-state index contributed by atoms with van der Waals surface area (Å²) in [6.07, 6.45) is 4.07. The van der Waals surface area contributed by atoms with Gasteiger partial charge in [-0.3, -0.25) is 0 Å². The molecule has 4 saturated carbocycles. The summed E-state index contributed by atoms with van der Waals surface area (Å²) in [5.74, 6) is 2.68. The lowest BCUT2D eigenvalue weighted by Crippen LogP contribution is -2.05. The Bertz CT molecular complexity index is 271. The Morgan fingerprint density at radius 3 is 2.58 bits per heavy atom. The van der Waals surface area contributed by atoms with Gasteiger partial charge < -0.3 is 0 Å². The molecule has 66 valence electrons. The van der Waals surface area contributed by atoms with E-state index in [1.54, 1.807) is 0 Å². The summed E-state index contributed by atoms with van der Waals surface area (Å²) in [6.45, 7) is 2.36. The molecule has 0 N–H and O–H groups in total. The zero-order chi connectivity index (χ0) is 8.14. The highest BCUT2D eigenvalue weighted by molar-refractivity contribution is 7.95. The molecule has 0 aromatic heterocycles. The summed E-state index contributed by atoms with van der Waals surface area (Å²) in [4.78, 5) is 0. The number of hydrogen-bond acceptors (Lipinski definition) is 1. The molecular formula is C10H13FS. The average Bonchev–Trinajstić information content (AvgIpc) is 2.97. The van der Waals surface area contributed by atoms with Crippen LogP contribution in [0.4, 0.5) is 3.89 Å². The Hall–Kier alpha value is 0.280. The molecule has 0 saturated heterocycles. The van der Waals surface area contributed by atoms with Crippen LogP contribution in [-0.2, 0) is 0 Å². The molecule has 0 aromatic carbocycles. The van der Waals surface area contributed by atoms with Gasteiger partial charge in [-0.2, -0.15) is 3.89 Å². The lowest BCUT2D eigenvalue weighted by Gasteiger charge is -2.07. The van der Waals surface area contributed by atoms with Gasteiger partial charge in [-0.15, -0.1) is 0 Å². The molecule has 0 amide bonds. The van der Waals surface area contributed by atoms with E-state index in [2.05, 4.69) is 6.92 Å². The van der Waals surface area contributed by atoms with Crippen LogP contribution in [0.3, 0.4) is 0 Å². The minimum Gasteiger partial charge on any atom is -0.165 e. The molecule has 4 aliphatic carbocycles. The molecule has 0 radical (unpaired) electrons. The van der Waals surface area contributed by atoms with Crippen LogP contribution in [0.25, 0.3) is 0 Å². The maximum Gasteiger partial charge on any atom is 0.0480 e. The van der Waals surface area contributed by atoms with E-state index < -0.39 is 0 Å². The average molecular weight is 184 g/mol. The lowest BCUT2D eigenvalue weighted by atomic mass is 10.1. The van der Waals surface area contributed by atoms with Gasteiger partial charge in [0.25, 0.3) is 0 Å². The Morgan fingerprint density at radius 1 is 1.33 bits per heavy atom. The van der Waals surface area contributed by atoms with Crippen molar-refractivity contribution in [1.82, 2.24) is 0 Å². The zero-order valence-electron chi connectivity index (χ0n) is 7.22. The standard InChI is InChI=1S/C10H13FS/c1-5-3-9(5)8-7(12-11)2-6-4-10(6,8)9/h5-8H,2-4H2,1H3/t5?,6-,7?,8?,9?,10?/m0/s1. The first-order valence-electron chi connectivity index (χ1n) is 5.05. The van der Waals surface area contributed by atoms with Gasteiger partial charge in [0.1, 0.15) is 0 Å². The maximum absolute atomic E-state index is 12.6. The second-order valence-corrected chi connectivity index (χ2v) is 6.21. The van der Waals surface area contributed by atoms with Crippen molar-refractivity contribution in [1.29, 1.82) is 0 Å². The molecule has 0 heterocycles. The largest absolute Gasteiger partial charge is 0.165 e. The zero-order valence-corrected chi connectivity index (χ0v) is 8.03. The summed E-state index contributed by atoms with van der Waals surface area (Å²) >= 11 is 0.655. The van der Waals surface area contributed by atoms with Gasteiger partial charge in [-0.1, -0.05) is 6.92 Å². The van der Waals surface area contributed by atoms with Crippen LogP contribution in [0.15, 0.2) is 0 Å². The summed E-state index contributed by atoms with van der Waals surface area (Å²) in [5.41, 5.74) is 1.41.